The van der Waals surface area contributed by atoms with E-state index in [0.29, 0.717) is 13.2 Å². The first kappa shape index (κ1) is 17.3. The summed E-state index contributed by atoms with van der Waals surface area (Å²) in [6.07, 6.45) is 1.70. The first-order valence-corrected chi connectivity index (χ1v) is 9.92. The topological polar surface area (TPSA) is 105 Å². The van der Waals surface area contributed by atoms with E-state index in [9.17, 15) is 8.42 Å². The van der Waals surface area contributed by atoms with E-state index in [1.165, 1.54) is 7.05 Å². The van der Waals surface area contributed by atoms with Crippen LogP contribution in [0, 0.1) is 0 Å². The van der Waals surface area contributed by atoms with E-state index in [-0.39, 0.29) is 17.5 Å². The van der Waals surface area contributed by atoms with Crippen molar-refractivity contribution in [2.75, 3.05) is 43.6 Å². The van der Waals surface area contributed by atoms with Crippen molar-refractivity contribution in [3.63, 3.8) is 0 Å². The third-order valence-electron chi connectivity index (χ3n) is 4.72. The zero-order chi connectivity index (χ0) is 18.2. The fourth-order valence-electron chi connectivity index (χ4n) is 3.37. The number of hydrogen-bond donors (Lipinski definition) is 2. The van der Waals surface area contributed by atoms with Crippen LogP contribution in [0.5, 0.6) is 0 Å². The lowest BCUT2D eigenvalue weighted by atomic mass is 10.0. The Labute approximate surface area is 152 Å². The quantitative estimate of drug-likeness (QED) is 0.784. The minimum atomic E-state index is -3.70. The molecule has 10 heteroatoms. The molecule has 2 fully saturated rings. The third-order valence-corrected chi connectivity index (χ3v) is 5.59. The van der Waals surface area contributed by atoms with E-state index in [1.54, 1.807) is 0 Å². The van der Waals surface area contributed by atoms with E-state index < -0.39 is 10.2 Å². The fourth-order valence-corrected chi connectivity index (χ4v) is 4.22. The van der Waals surface area contributed by atoms with Gasteiger partial charge in [-0.25, -0.2) is 4.72 Å². The molecule has 0 amide bonds. The Morgan fingerprint density at radius 3 is 2.46 bits per heavy atom. The second-order valence-corrected chi connectivity index (χ2v) is 7.69. The first-order chi connectivity index (χ1) is 12.5. The van der Waals surface area contributed by atoms with Crippen LogP contribution in [0.4, 0.5) is 11.4 Å². The average molecular weight is 379 g/mol. The monoisotopic (exact) mass is 379 g/mol. The maximum absolute atomic E-state index is 11.5. The molecule has 0 aliphatic carbocycles. The van der Waals surface area contributed by atoms with Gasteiger partial charge in [0.2, 0.25) is 0 Å². The van der Waals surface area contributed by atoms with Crippen LogP contribution in [-0.2, 0) is 19.7 Å². The van der Waals surface area contributed by atoms with Crippen molar-refractivity contribution in [1.29, 1.82) is 0 Å². The molecule has 0 saturated carbocycles. The van der Waals surface area contributed by atoms with E-state index in [2.05, 4.69) is 24.3 Å². The molecule has 2 N–H and O–H groups in total. The summed E-state index contributed by atoms with van der Waals surface area (Å²) in [5.74, 6) is 0.00940. The summed E-state index contributed by atoms with van der Waals surface area (Å²) in [6, 6.07) is 7.78. The summed E-state index contributed by atoms with van der Waals surface area (Å²) < 4.78 is 40.4. The van der Waals surface area contributed by atoms with Gasteiger partial charge < -0.3 is 19.7 Å². The molecule has 0 unspecified atom stereocenters. The Morgan fingerprint density at radius 2 is 1.85 bits per heavy atom. The van der Waals surface area contributed by atoms with Gasteiger partial charge in [-0.15, -0.1) is 4.40 Å². The van der Waals surface area contributed by atoms with Crippen molar-refractivity contribution in [2.24, 2.45) is 9.39 Å². The van der Waals surface area contributed by atoms with Crippen molar-refractivity contribution in [3.8, 4) is 0 Å². The molecule has 0 bridgehead atoms. The molecule has 1 aromatic carbocycles. The first-order valence-electron chi connectivity index (χ1n) is 8.48. The highest BCUT2D eigenvalue weighted by molar-refractivity contribution is 7.89. The van der Waals surface area contributed by atoms with Crippen molar-refractivity contribution in [2.45, 2.75) is 18.6 Å². The summed E-state index contributed by atoms with van der Waals surface area (Å²) in [5, 5.41) is 2.99. The smallest absolute Gasteiger partial charge is 0.345 e. The third kappa shape index (κ3) is 3.39. The SMILES string of the molecule is CN=C1NS(=O)(=O)N=C1Nc1ccc(N2CCC3(CC2)OCCO3)cc1. The molecule has 3 heterocycles. The summed E-state index contributed by atoms with van der Waals surface area (Å²) in [4.78, 5) is 6.18. The maximum atomic E-state index is 11.5. The van der Waals surface area contributed by atoms with Crippen LogP contribution in [0.25, 0.3) is 0 Å². The molecule has 1 spiro atoms. The van der Waals surface area contributed by atoms with E-state index >= 15 is 0 Å². The predicted molar refractivity (Wildman–Crippen MR) is 99.0 cm³/mol. The van der Waals surface area contributed by atoms with Gasteiger partial charge in [-0.2, -0.15) is 8.42 Å². The van der Waals surface area contributed by atoms with Crippen LogP contribution >= 0.6 is 0 Å². The Morgan fingerprint density at radius 1 is 1.19 bits per heavy atom. The molecule has 1 aromatic rings. The number of nitrogens with one attached hydrogen (secondary N) is 2. The van der Waals surface area contributed by atoms with Crippen LogP contribution in [0.2, 0.25) is 0 Å². The lowest BCUT2D eigenvalue weighted by Crippen LogP contribution is -2.45. The number of ether oxygens (including phenoxy) is 2. The second-order valence-electron chi connectivity index (χ2n) is 6.36. The van der Waals surface area contributed by atoms with Crippen LogP contribution < -0.4 is 14.9 Å². The van der Waals surface area contributed by atoms with Gasteiger partial charge >= 0.3 is 10.2 Å². The van der Waals surface area contributed by atoms with Gasteiger partial charge in [0.05, 0.1) is 13.2 Å². The number of amidine groups is 2. The van der Waals surface area contributed by atoms with E-state index in [4.69, 9.17) is 9.47 Å². The largest absolute Gasteiger partial charge is 0.371 e. The van der Waals surface area contributed by atoms with Gasteiger partial charge in [0.25, 0.3) is 0 Å². The standard InChI is InChI=1S/C16H21N5O4S/c1-17-14-15(20-26(22,23)19-14)18-12-2-4-13(5-3-12)21-8-6-16(7-9-21)24-10-11-25-16/h2-5H,6-11H2,1H3,(H,17,19)(H,18,20). The van der Waals surface area contributed by atoms with Crippen molar-refractivity contribution < 1.29 is 17.9 Å². The molecule has 3 aliphatic rings. The molecule has 3 aliphatic heterocycles. The number of rotatable bonds is 2. The van der Waals surface area contributed by atoms with Crippen molar-refractivity contribution in [1.82, 2.24) is 4.72 Å². The number of benzene rings is 1. The van der Waals surface area contributed by atoms with Gasteiger partial charge in [0.15, 0.2) is 17.5 Å². The van der Waals surface area contributed by atoms with Gasteiger partial charge in [0, 0.05) is 44.4 Å². The number of piperidine rings is 1. The molecule has 9 nitrogen and oxygen atoms in total. The molecule has 0 aromatic heterocycles. The van der Waals surface area contributed by atoms with Crippen molar-refractivity contribution in [3.05, 3.63) is 24.3 Å². The molecule has 140 valence electrons. The predicted octanol–water partition coefficient (Wildman–Crippen LogP) is 0.717. The van der Waals surface area contributed by atoms with Crippen LogP contribution in [-0.4, -0.2) is 59.2 Å². The Kier molecular flexibility index (Phi) is 4.33. The molecule has 4 rings (SSSR count). The number of anilines is 2. The van der Waals surface area contributed by atoms with E-state index in [0.717, 1.165) is 37.3 Å². The fraction of sp³-hybridized carbons (Fsp3) is 0.500. The normalized spacial score (nSPS) is 25.3. The van der Waals surface area contributed by atoms with Crippen LogP contribution in [0.3, 0.4) is 0 Å². The minimum absolute atomic E-state index is 0.190. The zero-order valence-electron chi connectivity index (χ0n) is 14.4. The Hall–Kier alpha value is -2.17. The minimum Gasteiger partial charge on any atom is -0.371 e. The Bertz CT molecular complexity index is 834. The van der Waals surface area contributed by atoms with Gasteiger partial charge in [0.1, 0.15) is 0 Å². The van der Waals surface area contributed by atoms with Crippen molar-refractivity contribution >= 4 is 33.3 Å². The van der Waals surface area contributed by atoms with Gasteiger partial charge in [-0.05, 0) is 24.3 Å². The average Bonchev–Trinajstić information content (AvgIpc) is 3.20. The highest BCUT2D eigenvalue weighted by Gasteiger charge is 2.39. The molecule has 0 atom stereocenters. The molecular weight excluding hydrogens is 358 g/mol. The summed E-state index contributed by atoms with van der Waals surface area (Å²) in [5.41, 5.74) is 1.84. The summed E-state index contributed by atoms with van der Waals surface area (Å²) in [6.45, 7) is 3.10. The lowest BCUT2D eigenvalue weighted by molar-refractivity contribution is -0.169. The number of nitrogens with zero attached hydrogens (tertiary/aromatic N) is 3. The van der Waals surface area contributed by atoms with Gasteiger partial charge in [-0.3, -0.25) is 4.99 Å². The highest BCUT2D eigenvalue weighted by Crippen LogP contribution is 2.33. The van der Waals surface area contributed by atoms with Gasteiger partial charge in [-0.1, -0.05) is 0 Å². The Balaban J connectivity index is 1.41. The molecule has 0 radical (unpaired) electrons. The summed E-state index contributed by atoms with van der Waals surface area (Å²) in [7, 11) is -2.20. The van der Waals surface area contributed by atoms with E-state index in [1.807, 2.05) is 24.3 Å². The number of aliphatic imine (C=N–C) groups is 1. The van der Waals surface area contributed by atoms with Crippen LogP contribution in [0.1, 0.15) is 12.8 Å². The summed E-state index contributed by atoms with van der Waals surface area (Å²) >= 11 is 0. The molecular formula is C16H21N5O4S. The van der Waals surface area contributed by atoms with Crippen LogP contribution in [0.15, 0.2) is 33.7 Å². The zero-order valence-corrected chi connectivity index (χ0v) is 15.3. The number of hydrogen-bond acceptors (Lipinski definition) is 7. The molecule has 26 heavy (non-hydrogen) atoms. The lowest BCUT2D eigenvalue weighted by Gasteiger charge is -2.38. The highest BCUT2D eigenvalue weighted by atomic mass is 32.2. The second kappa shape index (κ2) is 6.53. The molecule has 2 saturated heterocycles. The maximum Gasteiger partial charge on any atom is 0.345 e.